The minimum absolute atomic E-state index is 0.475. The summed E-state index contributed by atoms with van der Waals surface area (Å²) in [7, 11) is 0. The topological polar surface area (TPSA) is 58.5 Å². The Balaban J connectivity index is 1.71. The second-order valence-corrected chi connectivity index (χ2v) is 8.39. The largest absolute Gasteiger partial charge is 0.399 e. The molecule has 0 amide bonds. The molecule has 2 fully saturated rings. The molecule has 0 aromatic carbocycles. The van der Waals surface area contributed by atoms with Crippen LogP contribution < -0.4 is 11.5 Å². The highest BCUT2D eigenvalue weighted by Crippen LogP contribution is 2.31. The van der Waals surface area contributed by atoms with Crippen LogP contribution >= 0.6 is 0 Å². The molecule has 1 atom stereocenters. The molecule has 0 saturated carbocycles. The van der Waals surface area contributed by atoms with Crippen LogP contribution in [0.15, 0.2) is 47.9 Å². The first kappa shape index (κ1) is 22.8. The molecule has 4 heteroatoms. The van der Waals surface area contributed by atoms with Gasteiger partial charge in [-0.2, -0.15) is 0 Å². The number of piperidine rings is 2. The zero-order valence-electron chi connectivity index (χ0n) is 18.3. The Kier molecular flexibility index (Phi) is 9.86. The van der Waals surface area contributed by atoms with Gasteiger partial charge in [0.05, 0.1) is 0 Å². The molecule has 28 heavy (non-hydrogen) atoms. The van der Waals surface area contributed by atoms with Crippen molar-refractivity contribution in [3.8, 4) is 0 Å². The summed E-state index contributed by atoms with van der Waals surface area (Å²) in [5.41, 5.74) is 13.7. The molecule has 2 heterocycles. The van der Waals surface area contributed by atoms with Crippen LogP contribution in [0.2, 0.25) is 0 Å². The lowest BCUT2D eigenvalue weighted by molar-refractivity contribution is 0.132. The Labute approximate surface area is 173 Å². The first-order chi connectivity index (χ1) is 13.6. The summed E-state index contributed by atoms with van der Waals surface area (Å²) in [5.74, 6) is 1.80. The Hall–Kier alpha value is -1.52. The fourth-order valence-electron chi connectivity index (χ4n) is 4.54. The number of nitrogens with two attached hydrogens (primary N) is 2. The van der Waals surface area contributed by atoms with Gasteiger partial charge in [-0.05, 0) is 90.0 Å². The van der Waals surface area contributed by atoms with Crippen molar-refractivity contribution in [3.63, 3.8) is 0 Å². The molecule has 4 N–H and O–H groups in total. The van der Waals surface area contributed by atoms with Gasteiger partial charge in [-0.25, -0.2) is 0 Å². The summed E-state index contributed by atoms with van der Waals surface area (Å²) in [6, 6.07) is 0.475. The van der Waals surface area contributed by atoms with Crippen LogP contribution in [-0.4, -0.2) is 48.6 Å². The minimum atomic E-state index is 0.475. The van der Waals surface area contributed by atoms with E-state index in [1.54, 1.807) is 0 Å². The number of hydrogen-bond acceptors (Lipinski definition) is 4. The molecule has 2 aliphatic rings. The van der Waals surface area contributed by atoms with E-state index >= 15 is 0 Å². The van der Waals surface area contributed by atoms with Gasteiger partial charge in [0.25, 0.3) is 0 Å². The highest BCUT2D eigenvalue weighted by Gasteiger charge is 2.26. The first-order valence-corrected chi connectivity index (χ1v) is 11.2. The van der Waals surface area contributed by atoms with Crippen LogP contribution in [0.4, 0.5) is 0 Å². The standard InChI is InChI=1S/C24H42N4/c1-4-23(26)9-8-20(3)27-15-10-21(11-16-27)19-22-12-17-28(18-13-22)24(5-2)7-6-14-25/h4-9,20-22H,10-19,25-26H2,1-3H3/b7-6-,9-8-,23-4+,24-5+. The van der Waals surface area contributed by atoms with Crippen molar-refractivity contribution in [2.24, 2.45) is 23.3 Å². The minimum Gasteiger partial charge on any atom is -0.399 e. The van der Waals surface area contributed by atoms with Crippen molar-refractivity contribution < 1.29 is 0 Å². The molecule has 0 aliphatic carbocycles. The SMILES string of the molecule is C/C=C(N)\C=C/C(C)N1CCC(CC2CCN(C(/C=C\CN)=C/C)CC2)CC1. The Morgan fingerprint density at radius 3 is 2.11 bits per heavy atom. The van der Waals surface area contributed by atoms with E-state index in [1.165, 1.54) is 64.0 Å². The zero-order chi connectivity index (χ0) is 20.4. The lowest BCUT2D eigenvalue weighted by Crippen LogP contribution is -2.40. The van der Waals surface area contributed by atoms with Crippen molar-refractivity contribution in [2.45, 2.75) is 58.9 Å². The number of allylic oxidation sites excluding steroid dienone is 4. The quantitative estimate of drug-likeness (QED) is 0.619. The molecular formula is C24H42N4. The van der Waals surface area contributed by atoms with E-state index in [2.05, 4.69) is 48.0 Å². The summed E-state index contributed by atoms with van der Waals surface area (Å²) in [5, 5.41) is 0. The van der Waals surface area contributed by atoms with Crippen LogP contribution in [0.1, 0.15) is 52.9 Å². The van der Waals surface area contributed by atoms with Crippen molar-refractivity contribution in [1.82, 2.24) is 9.80 Å². The van der Waals surface area contributed by atoms with Crippen LogP contribution in [0.5, 0.6) is 0 Å². The maximum absolute atomic E-state index is 5.88. The third-order valence-corrected chi connectivity index (χ3v) is 6.49. The van der Waals surface area contributed by atoms with Crippen LogP contribution in [0.3, 0.4) is 0 Å². The molecule has 1 unspecified atom stereocenters. The van der Waals surface area contributed by atoms with E-state index in [4.69, 9.17) is 11.5 Å². The predicted molar refractivity (Wildman–Crippen MR) is 122 cm³/mol. The average Bonchev–Trinajstić information content (AvgIpc) is 2.73. The van der Waals surface area contributed by atoms with Crippen molar-refractivity contribution in [3.05, 3.63) is 47.9 Å². The van der Waals surface area contributed by atoms with Gasteiger partial charge in [0, 0.05) is 37.1 Å². The molecular weight excluding hydrogens is 344 g/mol. The van der Waals surface area contributed by atoms with Crippen molar-refractivity contribution >= 4 is 0 Å². The molecule has 158 valence electrons. The molecule has 2 rings (SSSR count). The summed E-state index contributed by atoms with van der Waals surface area (Å²) >= 11 is 0. The molecule has 0 aromatic rings. The van der Waals surface area contributed by atoms with Gasteiger partial charge in [-0.15, -0.1) is 0 Å². The number of rotatable bonds is 8. The van der Waals surface area contributed by atoms with Gasteiger partial charge in [0.2, 0.25) is 0 Å². The molecule has 0 radical (unpaired) electrons. The molecule has 2 saturated heterocycles. The second-order valence-electron chi connectivity index (χ2n) is 8.39. The Morgan fingerprint density at radius 1 is 0.964 bits per heavy atom. The molecule has 0 spiro atoms. The highest BCUT2D eigenvalue weighted by atomic mass is 15.2. The number of nitrogens with zero attached hydrogens (tertiary/aromatic N) is 2. The third kappa shape index (κ3) is 7.14. The van der Waals surface area contributed by atoms with Gasteiger partial charge in [0.1, 0.15) is 0 Å². The van der Waals surface area contributed by atoms with Gasteiger partial charge in [-0.3, -0.25) is 4.90 Å². The number of likely N-dealkylation sites (tertiary alicyclic amines) is 2. The van der Waals surface area contributed by atoms with Crippen molar-refractivity contribution in [1.29, 1.82) is 0 Å². The highest BCUT2D eigenvalue weighted by molar-refractivity contribution is 5.17. The first-order valence-electron chi connectivity index (χ1n) is 11.2. The molecule has 4 nitrogen and oxygen atoms in total. The number of hydrogen-bond donors (Lipinski definition) is 2. The van der Waals surface area contributed by atoms with E-state index in [9.17, 15) is 0 Å². The maximum Gasteiger partial charge on any atom is 0.0320 e. The Bertz CT molecular complexity index is 559. The van der Waals surface area contributed by atoms with Gasteiger partial charge < -0.3 is 16.4 Å². The molecule has 0 aromatic heterocycles. The van der Waals surface area contributed by atoms with Crippen LogP contribution in [-0.2, 0) is 0 Å². The zero-order valence-corrected chi connectivity index (χ0v) is 18.3. The van der Waals surface area contributed by atoms with Crippen LogP contribution in [0, 0.1) is 11.8 Å². The second kappa shape index (κ2) is 12.1. The lowest BCUT2D eigenvalue weighted by Gasteiger charge is -2.39. The van der Waals surface area contributed by atoms with E-state index in [0.29, 0.717) is 12.6 Å². The van der Waals surface area contributed by atoms with E-state index in [-0.39, 0.29) is 0 Å². The van der Waals surface area contributed by atoms with E-state index in [0.717, 1.165) is 17.5 Å². The Morgan fingerprint density at radius 2 is 1.57 bits per heavy atom. The van der Waals surface area contributed by atoms with Gasteiger partial charge in [0.15, 0.2) is 0 Å². The van der Waals surface area contributed by atoms with Crippen LogP contribution in [0.25, 0.3) is 0 Å². The fraction of sp³-hybridized carbons (Fsp3) is 0.667. The maximum atomic E-state index is 5.88. The smallest absolute Gasteiger partial charge is 0.0320 e. The lowest BCUT2D eigenvalue weighted by atomic mass is 9.82. The summed E-state index contributed by atoms with van der Waals surface area (Å²) in [4.78, 5) is 5.12. The van der Waals surface area contributed by atoms with Gasteiger partial charge >= 0.3 is 0 Å². The molecule has 0 bridgehead atoms. The predicted octanol–water partition coefficient (Wildman–Crippen LogP) is 4.03. The molecule has 2 aliphatic heterocycles. The summed E-state index contributed by atoms with van der Waals surface area (Å²) < 4.78 is 0. The summed E-state index contributed by atoms with van der Waals surface area (Å²) in [6.07, 6.45) is 19.4. The average molecular weight is 387 g/mol. The third-order valence-electron chi connectivity index (χ3n) is 6.49. The monoisotopic (exact) mass is 386 g/mol. The fourth-order valence-corrected chi connectivity index (χ4v) is 4.54. The van der Waals surface area contributed by atoms with E-state index in [1.807, 2.05) is 19.1 Å². The van der Waals surface area contributed by atoms with E-state index < -0.39 is 0 Å². The van der Waals surface area contributed by atoms with Crippen molar-refractivity contribution in [2.75, 3.05) is 32.7 Å². The normalized spacial score (nSPS) is 23.2. The van der Waals surface area contributed by atoms with Gasteiger partial charge in [-0.1, -0.05) is 24.3 Å². The summed E-state index contributed by atoms with van der Waals surface area (Å²) in [6.45, 7) is 11.8.